The van der Waals surface area contributed by atoms with E-state index < -0.39 is 15.4 Å². The van der Waals surface area contributed by atoms with Gasteiger partial charge in [-0.3, -0.25) is 10.2 Å². The molecule has 5 nitrogen and oxygen atoms in total. The average molecular weight is 285 g/mol. The second-order valence-corrected chi connectivity index (χ2v) is 7.97. The molecule has 2 fully saturated rings. The van der Waals surface area contributed by atoms with Crippen molar-refractivity contribution in [2.75, 3.05) is 37.7 Å². The number of sulfone groups is 1. The molecule has 0 aromatic carbocycles. The van der Waals surface area contributed by atoms with Gasteiger partial charge in [0.15, 0.2) is 9.84 Å². The van der Waals surface area contributed by atoms with E-state index in [1.165, 1.54) is 0 Å². The molecule has 1 saturated heterocycles. The Bertz CT molecular complexity index is 453. The SMILES string of the molecule is CCNC(C#N)(CN1CCCS(=O)(=O)CC1)C1CC1. The van der Waals surface area contributed by atoms with Crippen molar-refractivity contribution in [1.82, 2.24) is 10.2 Å². The first-order valence-electron chi connectivity index (χ1n) is 7.10. The first-order chi connectivity index (χ1) is 9.01. The number of nitrogens with zero attached hydrogens (tertiary/aromatic N) is 2. The smallest absolute Gasteiger partial charge is 0.151 e. The lowest BCUT2D eigenvalue weighted by Crippen LogP contribution is -2.54. The van der Waals surface area contributed by atoms with Crippen molar-refractivity contribution >= 4 is 9.84 Å². The van der Waals surface area contributed by atoms with Crippen LogP contribution in [0.1, 0.15) is 26.2 Å². The van der Waals surface area contributed by atoms with Crippen molar-refractivity contribution in [2.24, 2.45) is 5.92 Å². The predicted molar refractivity (Wildman–Crippen MR) is 74.5 cm³/mol. The van der Waals surface area contributed by atoms with Crippen LogP contribution in [0.2, 0.25) is 0 Å². The lowest BCUT2D eigenvalue weighted by Gasteiger charge is -2.33. The normalized spacial score (nSPS) is 27.2. The number of hydrogen-bond donors (Lipinski definition) is 1. The van der Waals surface area contributed by atoms with Crippen LogP contribution in [0, 0.1) is 17.2 Å². The van der Waals surface area contributed by atoms with Gasteiger partial charge in [-0.2, -0.15) is 5.26 Å². The lowest BCUT2D eigenvalue weighted by molar-refractivity contribution is 0.208. The van der Waals surface area contributed by atoms with Crippen LogP contribution in [0.25, 0.3) is 0 Å². The van der Waals surface area contributed by atoms with E-state index in [1.807, 2.05) is 6.92 Å². The van der Waals surface area contributed by atoms with E-state index in [4.69, 9.17) is 0 Å². The molecule has 2 rings (SSSR count). The van der Waals surface area contributed by atoms with E-state index in [1.54, 1.807) is 0 Å². The largest absolute Gasteiger partial charge is 0.299 e. The van der Waals surface area contributed by atoms with Gasteiger partial charge in [0.05, 0.1) is 17.6 Å². The molecule has 0 aromatic heterocycles. The second-order valence-electron chi connectivity index (χ2n) is 5.67. The molecule has 108 valence electrons. The Labute approximate surface area is 115 Å². The highest BCUT2D eigenvalue weighted by molar-refractivity contribution is 7.91. The highest BCUT2D eigenvalue weighted by atomic mass is 32.2. The number of rotatable bonds is 5. The molecule has 0 radical (unpaired) electrons. The summed E-state index contributed by atoms with van der Waals surface area (Å²) < 4.78 is 23.2. The zero-order valence-corrected chi connectivity index (χ0v) is 12.4. The molecular weight excluding hydrogens is 262 g/mol. The fourth-order valence-corrected chi connectivity index (χ4v) is 4.20. The van der Waals surface area contributed by atoms with Gasteiger partial charge in [-0.15, -0.1) is 0 Å². The Kier molecular flexibility index (Phi) is 4.49. The molecule has 1 atom stereocenters. The van der Waals surface area contributed by atoms with E-state index in [9.17, 15) is 13.7 Å². The molecule has 1 heterocycles. The third-order valence-electron chi connectivity index (χ3n) is 4.09. The average Bonchev–Trinajstić information content (AvgIpc) is 3.18. The van der Waals surface area contributed by atoms with Crippen LogP contribution in [-0.4, -0.2) is 56.5 Å². The summed E-state index contributed by atoms with van der Waals surface area (Å²) >= 11 is 0. The number of hydrogen-bond acceptors (Lipinski definition) is 5. The zero-order chi connectivity index (χ0) is 13.9. The van der Waals surface area contributed by atoms with E-state index in [-0.39, 0.29) is 11.5 Å². The maximum atomic E-state index is 11.6. The third kappa shape index (κ3) is 3.68. The molecule has 0 bridgehead atoms. The molecule has 1 aliphatic carbocycles. The molecule has 6 heteroatoms. The Hall–Kier alpha value is -0.640. The van der Waals surface area contributed by atoms with E-state index >= 15 is 0 Å². The number of likely N-dealkylation sites (N-methyl/N-ethyl adjacent to an activating group) is 1. The zero-order valence-electron chi connectivity index (χ0n) is 11.6. The minimum atomic E-state index is -2.88. The molecule has 1 aliphatic heterocycles. The molecule has 1 unspecified atom stereocenters. The minimum absolute atomic E-state index is 0.227. The van der Waals surface area contributed by atoms with Gasteiger partial charge in [-0.05, 0) is 38.3 Å². The number of nitrogens with one attached hydrogen (secondary N) is 1. The molecule has 2 aliphatic rings. The van der Waals surface area contributed by atoms with Crippen LogP contribution in [0.5, 0.6) is 0 Å². The van der Waals surface area contributed by atoms with Crippen molar-refractivity contribution < 1.29 is 8.42 Å². The standard InChI is InChI=1S/C13H23N3O2S/c1-2-15-13(10-14,12-4-5-12)11-16-6-3-8-19(17,18)9-7-16/h12,15H,2-9,11H2,1H3. The maximum Gasteiger partial charge on any atom is 0.151 e. The first kappa shape index (κ1) is 14.8. The summed E-state index contributed by atoms with van der Waals surface area (Å²) in [5, 5.41) is 12.9. The van der Waals surface area contributed by atoms with Gasteiger partial charge in [0.1, 0.15) is 5.54 Å². The summed E-state index contributed by atoms with van der Waals surface area (Å²) in [4.78, 5) is 2.15. The fraction of sp³-hybridized carbons (Fsp3) is 0.923. The van der Waals surface area contributed by atoms with Gasteiger partial charge >= 0.3 is 0 Å². The minimum Gasteiger partial charge on any atom is -0.299 e. The summed E-state index contributed by atoms with van der Waals surface area (Å²) in [7, 11) is -2.88. The molecule has 19 heavy (non-hydrogen) atoms. The molecule has 1 saturated carbocycles. The van der Waals surface area contributed by atoms with Crippen LogP contribution in [0.3, 0.4) is 0 Å². The van der Waals surface area contributed by atoms with E-state index in [2.05, 4.69) is 16.3 Å². The monoisotopic (exact) mass is 285 g/mol. The van der Waals surface area contributed by atoms with Crippen LogP contribution in [-0.2, 0) is 9.84 Å². The van der Waals surface area contributed by atoms with Crippen LogP contribution in [0.15, 0.2) is 0 Å². The van der Waals surface area contributed by atoms with Crippen molar-refractivity contribution in [2.45, 2.75) is 31.7 Å². The lowest BCUT2D eigenvalue weighted by atomic mass is 9.94. The van der Waals surface area contributed by atoms with Gasteiger partial charge in [-0.25, -0.2) is 8.42 Å². The van der Waals surface area contributed by atoms with Crippen LogP contribution >= 0.6 is 0 Å². The molecule has 0 spiro atoms. The Morgan fingerprint density at radius 2 is 2.11 bits per heavy atom. The van der Waals surface area contributed by atoms with Gasteiger partial charge in [0, 0.05) is 13.1 Å². The van der Waals surface area contributed by atoms with Crippen molar-refractivity contribution in [3.8, 4) is 6.07 Å². The molecule has 0 aromatic rings. The summed E-state index contributed by atoms with van der Waals surface area (Å²) in [6, 6.07) is 2.46. The third-order valence-corrected chi connectivity index (χ3v) is 5.80. The van der Waals surface area contributed by atoms with Crippen LogP contribution in [0.4, 0.5) is 0 Å². The Morgan fingerprint density at radius 3 is 2.68 bits per heavy atom. The predicted octanol–water partition coefficient (Wildman–Crippen LogP) is 0.389. The quantitative estimate of drug-likeness (QED) is 0.791. The topological polar surface area (TPSA) is 73.2 Å². The summed E-state index contributed by atoms with van der Waals surface area (Å²) in [6.45, 7) is 4.78. The Morgan fingerprint density at radius 1 is 1.37 bits per heavy atom. The Balaban J connectivity index is 2.03. The fourth-order valence-electron chi connectivity index (χ4n) is 2.89. The van der Waals surface area contributed by atoms with E-state index in [0.717, 1.165) is 25.9 Å². The molecule has 0 amide bonds. The van der Waals surface area contributed by atoms with Crippen molar-refractivity contribution in [1.29, 1.82) is 5.26 Å². The van der Waals surface area contributed by atoms with Crippen molar-refractivity contribution in [3.05, 3.63) is 0 Å². The first-order valence-corrected chi connectivity index (χ1v) is 8.92. The van der Waals surface area contributed by atoms with Gasteiger partial charge in [0.25, 0.3) is 0 Å². The molecule has 1 N–H and O–H groups in total. The summed E-state index contributed by atoms with van der Waals surface area (Å²) in [5.74, 6) is 0.941. The molecular formula is C13H23N3O2S. The van der Waals surface area contributed by atoms with Gasteiger partial charge < -0.3 is 0 Å². The van der Waals surface area contributed by atoms with E-state index in [0.29, 0.717) is 25.4 Å². The summed E-state index contributed by atoms with van der Waals surface area (Å²) in [6.07, 6.45) is 2.89. The van der Waals surface area contributed by atoms with Gasteiger partial charge in [-0.1, -0.05) is 6.92 Å². The maximum absolute atomic E-state index is 11.6. The highest BCUT2D eigenvalue weighted by Gasteiger charge is 2.46. The summed E-state index contributed by atoms with van der Waals surface area (Å²) in [5.41, 5.74) is -0.483. The number of nitriles is 1. The second kappa shape index (κ2) is 5.78. The van der Waals surface area contributed by atoms with Crippen LogP contribution < -0.4 is 5.32 Å². The van der Waals surface area contributed by atoms with Gasteiger partial charge in [0.2, 0.25) is 0 Å². The highest BCUT2D eigenvalue weighted by Crippen LogP contribution is 2.40. The van der Waals surface area contributed by atoms with Crippen molar-refractivity contribution in [3.63, 3.8) is 0 Å².